The molecule has 0 fully saturated rings. The number of hydrogen-bond donors (Lipinski definition) is 2. The number of hydrogen-bond acceptors (Lipinski definition) is 6. The molecule has 0 saturated heterocycles. The van der Waals surface area contributed by atoms with Gasteiger partial charge >= 0.3 is 5.97 Å². The molecule has 0 unspecified atom stereocenters. The van der Waals surface area contributed by atoms with Gasteiger partial charge in [-0.05, 0) is 30.2 Å². The van der Waals surface area contributed by atoms with Crippen molar-refractivity contribution in [2.45, 2.75) is 20.4 Å². The molecular weight excluding hydrogens is 424 g/mol. The molecule has 2 heterocycles. The maximum atomic E-state index is 14.2. The smallest absolute Gasteiger partial charge is 0.367 e. The maximum Gasteiger partial charge on any atom is 0.367 e. The lowest BCUT2D eigenvalue weighted by Gasteiger charge is -2.14. The topological polar surface area (TPSA) is 98.7 Å². The molecule has 166 valence electrons. The molecule has 0 aliphatic heterocycles. The molecule has 0 atom stereocenters. The van der Waals surface area contributed by atoms with E-state index >= 15 is 0 Å². The van der Waals surface area contributed by atoms with Crippen molar-refractivity contribution in [1.29, 1.82) is 0 Å². The van der Waals surface area contributed by atoms with Gasteiger partial charge in [0.05, 0.1) is 11.7 Å². The second-order valence-electron chi connectivity index (χ2n) is 7.53. The van der Waals surface area contributed by atoms with Crippen molar-refractivity contribution < 1.29 is 33.4 Å². The van der Waals surface area contributed by atoms with Crippen LogP contribution in [0.3, 0.4) is 0 Å². The van der Waals surface area contributed by atoms with Crippen molar-refractivity contribution in [1.82, 2.24) is 14.5 Å². The van der Waals surface area contributed by atoms with Gasteiger partial charge in [0, 0.05) is 30.1 Å². The van der Waals surface area contributed by atoms with E-state index in [1.165, 1.54) is 12.1 Å². The van der Waals surface area contributed by atoms with Crippen molar-refractivity contribution in [2.75, 3.05) is 0 Å². The van der Waals surface area contributed by atoms with E-state index in [0.717, 1.165) is 24.3 Å². The minimum absolute atomic E-state index is 0.0803. The number of aromatic nitrogens is 3. The number of carbonyl (C=O) groups is 1. The van der Waals surface area contributed by atoms with E-state index in [9.17, 15) is 23.8 Å². The van der Waals surface area contributed by atoms with Crippen LogP contribution in [0.5, 0.6) is 23.3 Å². The summed E-state index contributed by atoms with van der Waals surface area (Å²) in [6, 6.07) is 7.97. The Kier molecular flexibility index (Phi) is 5.43. The van der Waals surface area contributed by atoms with Crippen LogP contribution >= 0.6 is 0 Å². The quantitative estimate of drug-likeness (QED) is 0.462. The van der Waals surface area contributed by atoms with Gasteiger partial charge in [-0.1, -0.05) is 13.8 Å². The predicted octanol–water partition coefficient (Wildman–Crippen LogP) is 4.24. The second kappa shape index (κ2) is 8.22. The molecular formula is C22H19F2N3O5. The highest BCUT2D eigenvalue weighted by Gasteiger charge is 2.22. The Morgan fingerprint density at radius 2 is 1.78 bits per heavy atom. The van der Waals surface area contributed by atoms with Crippen molar-refractivity contribution in [3.63, 3.8) is 0 Å². The van der Waals surface area contributed by atoms with Crippen LogP contribution in [0.4, 0.5) is 8.78 Å². The van der Waals surface area contributed by atoms with Gasteiger partial charge in [0.25, 0.3) is 0 Å². The van der Waals surface area contributed by atoms with Crippen LogP contribution in [0.1, 0.15) is 24.2 Å². The summed E-state index contributed by atoms with van der Waals surface area (Å²) in [5.41, 5.74) is 0.470. The zero-order valence-corrected chi connectivity index (χ0v) is 17.1. The normalized spacial score (nSPS) is 11.3. The van der Waals surface area contributed by atoms with E-state index in [4.69, 9.17) is 9.57 Å². The van der Waals surface area contributed by atoms with E-state index in [1.807, 2.05) is 13.8 Å². The summed E-state index contributed by atoms with van der Waals surface area (Å²) in [5.74, 6) is -3.86. The average molecular weight is 443 g/mol. The van der Waals surface area contributed by atoms with Gasteiger partial charge in [-0.15, -0.1) is 4.73 Å². The SMILES string of the molecule is CC(C)Cn1ncc2cc(Oc3ccc(F)cc3F)c(C(=O)On3c(O)ccc3O)cc21. The third-order valence-corrected chi connectivity index (χ3v) is 4.59. The number of halogens is 2. The summed E-state index contributed by atoms with van der Waals surface area (Å²) >= 11 is 0. The van der Waals surface area contributed by atoms with Crippen LogP contribution in [-0.4, -0.2) is 30.7 Å². The Hall–Kier alpha value is -4.08. The van der Waals surface area contributed by atoms with Gasteiger partial charge in [-0.25, -0.2) is 13.6 Å². The summed E-state index contributed by atoms with van der Waals surface area (Å²) in [6.07, 6.45) is 1.57. The van der Waals surface area contributed by atoms with Gasteiger partial charge < -0.3 is 19.8 Å². The standard InChI is InChI=1S/C22H19F2N3O5/c1-12(2)11-26-17-9-15(22(30)32-27-20(28)5-6-21(27)29)19(7-13(17)10-25-26)31-18-4-3-14(23)8-16(18)24/h3-10,12,28-29H,11H2,1-2H3. The molecule has 0 aliphatic rings. The Balaban J connectivity index is 1.80. The number of benzene rings is 2. The van der Waals surface area contributed by atoms with Crippen LogP contribution in [0.25, 0.3) is 10.9 Å². The molecule has 10 heteroatoms. The van der Waals surface area contributed by atoms with Gasteiger partial charge in [-0.2, -0.15) is 5.10 Å². The summed E-state index contributed by atoms with van der Waals surface area (Å²) in [5, 5.41) is 24.5. The minimum atomic E-state index is -0.997. The zero-order valence-electron chi connectivity index (χ0n) is 17.1. The van der Waals surface area contributed by atoms with E-state index < -0.39 is 29.4 Å². The number of ether oxygens (including phenoxy) is 1. The molecule has 0 radical (unpaired) electrons. The van der Waals surface area contributed by atoms with E-state index in [-0.39, 0.29) is 23.0 Å². The van der Waals surface area contributed by atoms with Crippen molar-refractivity contribution in [3.05, 3.63) is 65.9 Å². The summed E-state index contributed by atoms with van der Waals surface area (Å²) in [7, 11) is 0. The molecule has 4 aromatic rings. The van der Waals surface area contributed by atoms with E-state index in [0.29, 0.717) is 28.2 Å². The van der Waals surface area contributed by atoms with Crippen molar-refractivity contribution in [2.24, 2.45) is 5.92 Å². The molecule has 0 saturated carbocycles. The lowest BCUT2D eigenvalue weighted by atomic mass is 10.1. The highest BCUT2D eigenvalue weighted by molar-refractivity contribution is 5.98. The molecule has 0 amide bonds. The first kappa shape index (κ1) is 21.2. The first-order valence-electron chi connectivity index (χ1n) is 9.67. The zero-order chi connectivity index (χ0) is 23.0. The summed E-state index contributed by atoms with van der Waals surface area (Å²) in [6.45, 7) is 4.59. The van der Waals surface area contributed by atoms with Crippen LogP contribution in [0, 0.1) is 17.6 Å². The Labute approximate surface area is 180 Å². The van der Waals surface area contributed by atoms with Crippen molar-refractivity contribution in [3.8, 4) is 23.3 Å². The first-order chi connectivity index (χ1) is 15.2. The fraction of sp³-hybridized carbons (Fsp3) is 0.182. The Morgan fingerprint density at radius 3 is 2.44 bits per heavy atom. The van der Waals surface area contributed by atoms with Crippen LogP contribution in [-0.2, 0) is 6.54 Å². The monoisotopic (exact) mass is 443 g/mol. The molecule has 4 rings (SSSR count). The second-order valence-corrected chi connectivity index (χ2v) is 7.53. The molecule has 2 aromatic carbocycles. The molecule has 2 N–H and O–H groups in total. The molecule has 0 spiro atoms. The molecule has 0 aliphatic carbocycles. The predicted molar refractivity (Wildman–Crippen MR) is 110 cm³/mol. The van der Waals surface area contributed by atoms with E-state index in [1.54, 1.807) is 10.9 Å². The first-order valence-corrected chi connectivity index (χ1v) is 9.67. The van der Waals surface area contributed by atoms with Crippen LogP contribution in [0.15, 0.2) is 48.7 Å². The summed E-state index contributed by atoms with van der Waals surface area (Å²) in [4.78, 5) is 18.0. The highest BCUT2D eigenvalue weighted by Crippen LogP contribution is 2.33. The van der Waals surface area contributed by atoms with Gasteiger partial charge in [0.2, 0.25) is 11.8 Å². The maximum absolute atomic E-state index is 14.2. The van der Waals surface area contributed by atoms with E-state index in [2.05, 4.69) is 5.10 Å². The van der Waals surface area contributed by atoms with Gasteiger partial charge in [0.15, 0.2) is 11.6 Å². The average Bonchev–Trinajstić information content (AvgIpc) is 3.26. The number of carbonyl (C=O) groups excluding carboxylic acids is 1. The van der Waals surface area contributed by atoms with Crippen molar-refractivity contribution >= 4 is 16.9 Å². The molecule has 0 bridgehead atoms. The van der Waals surface area contributed by atoms with Gasteiger partial charge in [0.1, 0.15) is 17.1 Å². The fourth-order valence-corrected chi connectivity index (χ4v) is 3.14. The molecule has 32 heavy (non-hydrogen) atoms. The molecule has 2 aromatic heterocycles. The summed E-state index contributed by atoms with van der Waals surface area (Å²) < 4.78 is 35.2. The Bertz CT molecular complexity index is 1290. The molecule has 8 nitrogen and oxygen atoms in total. The minimum Gasteiger partial charge on any atom is -0.492 e. The van der Waals surface area contributed by atoms with Crippen LogP contribution in [0.2, 0.25) is 0 Å². The number of fused-ring (bicyclic) bond motifs is 1. The fourth-order valence-electron chi connectivity index (χ4n) is 3.14. The van der Waals surface area contributed by atoms with Gasteiger partial charge in [-0.3, -0.25) is 4.68 Å². The third-order valence-electron chi connectivity index (χ3n) is 4.59. The van der Waals surface area contributed by atoms with Crippen LogP contribution < -0.4 is 9.57 Å². The highest BCUT2D eigenvalue weighted by atomic mass is 19.1. The largest absolute Gasteiger partial charge is 0.492 e. The third kappa shape index (κ3) is 4.07. The number of rotatable bonds is 6. The lowest BCUT2D eigenvalue weighted by Crippen LogP contribution is -2.20. The number of aromatic hydroxyl groups is 2. The Morgan fingerprint density at radius 1 is 1.06 bits per heavy atom. The lowest BCUT2D eigenvalue weighted by molar-refractivity contribution is 0.0379. The number of nitrogens with zero attached hydrogens (tertiary/aromatic N) is 3.